The topological polar surface area (TPSA) is 0 Å². The molecule has 0 N–H and O–H groups in total. The number of halogens is 1. The van der Waals surface area contributed by atoms with Crippen molar-refractivity contribution in [2.75, 3.05) is 6.26 Å². The minimum atomic E-state index is -0.161. The van der Waals surface area contributed by atoms with E-state index in [1.807, 2.05) is 19.2 Å². The number of hydrogen-bond acceptors (Lipinski definition) is 1. The Labute approximate surface area is 82.9 Å². The molecule has 0 fully saturated rings. The summed E-state index contributed by atoms with van der Waals surface area (Å²) in [5.41, 5.74) is 0.894. The molecule has 1 aromatic carbocycles. The molecule has 0 nitrogen and oxygen atoms in total. The summed E-state index contributed by atoms with van der Waals surface area (Å²) in [5, 5.41) is 0. The molecule has 0 spiro atoms. The summed E-state index contributed by atoms with van der Waals surface area (Å²) in [7, 11) is 0. The van der Waals surface area contributed by atoms with Crippen molar-refractivity contribution in [2.45, 2.75) is 11.8 Å². The van der Waals surface area contributed by atoms with Crippen LogP contribution in [0.1, 0.15) is 12.5 Å². The van der Waals surface area contributed by atoms with Crippen molar-refractivity contribution >= 4 is 11.8 Å². The predicted molar refractivity (Wildman–Crippen MR) is 56.4 cm³/mol. The second-order valence-corrected chi connectivity index (χ2v) is 3.58. The van der Waals surface area contributed by atoms with Crippen LogP contribution in [0.15, 0.2) is 35.7 Å². The smallest absolute Gasteiger partial charge is 0.137 e. The SMILES string of the molecule is C=C[C](C)c1ccc(SC)c(F)c1. The second-order valence-electron chi connectivity index (χ2n) is 2.74. The number of thioether (sulfide) groups is 1. The summed E-state index contributed by atoms with van der Waals surface area (Å²) in [6, 6.07) is 5.25. The second kappa shape index (κ2) is 4.47. The maximum Gasteiger partial charge on any atom is 0.137 e. The van der Waals surface area contributed by atoms with E-state index in [9.17, 15) is 4.39 Å². The first kappa shape index (κ1) is 10.3. The molecule has 0 saturated heterocycles. The van der Waals surface area contributed by atoms with Crippen molar-refractivity contribution < 1.29 is 4.39 Å². The van der Waals surface area contributed by atoms with E-state index >= 15 is 0 Å². The molecule has 0 aliphatic carbocycles. The maximum absolute atomic E-state index is 13.3. The predicted octanol–water partition coefficient (Wildman–Crippen LogP) is 3.68. The Morgan fingerprint density at radius 3 is 2.69 bits per heavy atom. The minimum Gasteiger partial charge on any atom is -0.206 e. The molecule has 0 bridgehead atoms. The van der Waals surface area contributed by atoms with Crippen LogP contribution in [0.25, 0.3) is 0 Å². The van der Waals surface area contributed by atoms with Crippen molar-refractivity contribution in [3.05, 3.63) is 48.2 Å². The van der Waals surface area contributed by atoms with Crippen molar-refractivity contribution in [2.24, 2.45) is 0 Å². The fourth-order valence-corrected chi connectivity index (χ4v) is 1.49. The standard InChI is InChI=1S/C11H12FS/c1-4-8(2)9-5-6-11(13-3)10(12)7-9/h4-7H,1H2,2-3H3. The van der Waals surface area contributed by atoms with Crippen molar-refractivity contribution in [1.82, 2.24) is 0 Å². The van der Waals surface area contributed by atoms with Gasteiger partial charge in [-0.1, -0.05) is 19.1 Å². The van der Waals surface area contributed by atoms with Gasteiger partial charge in [0.15, 0.2) is 0 Å². The highest BCUT2D eigenvalue weighted by Gasteiger charge is 2.05. The van der Waals surface area contributed by atoms with Gasteiger partial charge in [-0.05, 0) is 24.0 Å². The van der Waals surface area contributed by atoms with Gasteiger partial charge in [0.2, 0.25) is 0 Å². The highest BCUT2D eigenvalue weighted by molar-refractivity contribution is 7.98. The molecule has 0 aromatic heterocycles. The van der Waals surface area contributed by atoms with E-state index in [-0.39, 0.29) is 5.82 Å². The van der Waals surface area contributed by atoms with Crippen LogP contribution in [-0.2, 0) is 0 Å². The first-order valence-electron chi connectivity index (χ1n) is 3.99. The number of benzene rings is 1. The van der Waals surface area contributed by atoms with E-state index in [1.54, 1.807) is 18.2 Å². The van der Waals surface area contributed by atoms with Crippen LogP contribution in [0.5, 0.6) is 0 Å². The van der Waals surface area contributed by atoms with E-state index in [2.05, 4.69) is 6.58 Å². The third kappa shape index (κ3) is 2.34. The Morgan fingerprint density at radius 2 is 2.23 bits per heavy atom. The van der Waals surface area contributed by atoms with E-state index < -0.39 is 0 Å². The third-order valence-electron chi connectivity index (χ3n) is 1.91. The van der Waals surface area contributed by atoms with E-state index in [1.165, 1.54) is 11.8 Å². The molecule has 1 aromatic rings. The van der Waals surface area contributed by atoms with E-state index in [0.717, 1.165) is 11.5 Å². The van der Waals surface area contributed by atoms with Gasteiger partial charge in [-0.15, -0.1) is 18.3 Å². The van der Waals surface area contributed by atoms with Crippen LogP contribution in [0, 0.1) is 11.7 Å². The summed E-state index contributed by atoms with van der Waals surface area (Å²) in [5.74, 6) is 0.831. The molecule has 0 atom stereocenters. The summed E-state index contributed by atoms with van der Waals surface area (Å²) in [6.07, 6.45) is 3.59. The Kier molecular flexibility index (Phi) is 3.55. The molecular weight excluding hydrogens is 183 g/mol. The molecule has 2 heteroatoms. The Balaban J connectivity index is 3.02. The fraction of sp³-hybridized carbons (Fsp3) is 0.182. The third-order valence-corrected chi connectivity index (χ3v) is 2.68. The molecule has 0 amide bonds. The largest absolute Gasteiger partial charge is 0.206 e. The van der Waals surface area contributed by atoms with Gasteiger partial charge in [-0.25, -0.2) is 4.39 Å². The summed E-state index contributed by atoms with van der Waals surface area (Å²) in [4.78, 5) is 0.681. The van der Waals surface area contributed by atoms with Crippen LogP contribution in [0.4, 0.5) is 4.39 Å². The lowest BCUT2D eigenvalue weighted by Gasteiger charge is -2.06. The molecule has 0 aliphatic heterocycles. The normalized spacial score (nSPS) is 10.5. The minimum absolute atomic E-state index is 0.161. The van der Waals surface area contributed by atoms with Crippen LogP contribution in [0.2, 0.25) is 0 Å². The molecule has 1 radical (unpaired) electrons. The van der Waals surface area contributed by atoms with Gasteiger partial charge in [0, 0.05) is 10.8 Å². The molecule has 0 aliphatic rings. The number of rotatable bonds is 3. The Bertz CT molecular complexity index is 307. The van der Waals surface area contributed by atoms with E-state index in [0.29, 0.717) is 4.90 Å². The van der Waals surface area contributed by atoms with Gasteiger partial charge in [0.05, 0.1) is 0 Å². The van der Waals surface area contributed by atoms with Gasteiger partial charge in [-0.2, -0.15) is 0 Å². The highest BCUT2D eigenvalue weighted by Crippen LogP contribution is 2.23. The molecule has 1 rings (SSSR count). The molecule has 69 valence electrons. The molecular formula is C11H12FS. The zero-order valence-corrected chi connectivity index (χ0v) is 8.62. The maximum atomic E-state index is 13.3. The van der Waals surface area contributed by atoms with Crippen molar-refractivity contribution in [1.29, 1.82) is 0 Å². The van der Waals surface area contributed by atoms with Gasteiger partial charge in [-0.3, -0.25) is 0 Å². The van der Waals surface area contributed by atoms with Crippen LogP contribution in [0.3, 0.4) is 0 Å². The van der Waals surface area contributed by atoms with Gasteiger partial charge >= 0.3 is 0 Å². The van der Waals surface area contributed by atoms with Crippen molar-refractivity contribution in [3.8, 4) is 0 Å². The van der Waals surface area contributed by atoms with Crippen LogP contribution < -0.4 is 0 Å². The lowest BCUT2D eigenvalue weighted by molar-refractivity contribution is 0.601. The highest BCUT2D eigenvalue weighted by atomic mass is 32.2. The zero-order chi connectivity index (χ0) is 9.84. The summed E-state index contributed by atoms with van der Waals surface area (Å²) in [6.45, 7) is 5.56. The lowest BCUT2D eigenvalue weighted by Crippen LogP contribution is -1.91. The molecule has 13 heavy (non-hydrogen) atoms. The average Bonchev–Trinajstić information content (AvgIpc) is 2.16. The van der Waals surface area contributed by atoms with Crippen LogP contribution in [-0.4, -0.2) is 6.26 Å². The number of allylic oxidation sites excluding steroid dienone is 1. The fourth-order valence-electron chi connectivity index (χ4n) is 1.03. The lowest BCUT2D eigenvalue weighted by atomic mass is 10.0. The summed E-state index contributed by atoms with van der Waals surface area (Å²) < 4.78 is 13.3. The molecule has 0 unspecified atom stereocenters. The number of hydrogen-bond donors (Lipinski definition) is 0. The van der Waals surface area contributed by atoms with Gasteiger partial charge in [0.25, 0.3) is 0 Å². The van der Waals surface area contributed by atoms with Crippen molar-refractivity contribution in [3.63, 3.8) is 0 Å². The van der Waals surface area contributed by atoms with Crippen LogP contribution >= 0.6 is 11.8 Å². The Hall–Kier alpha value is -0.760. The van der Waals surface area contributed by atoms with E-state index in [4.69, 9.17) is 0 Å². The molecule has 0 saturated carbocycles. The first-order chi connectivity index (χ1) is 6.19. The first-order valence-corrected chi connectivity index (χ1v) is 5.21. The zero-order valence-electron chi connectivity index (χ0n) is 7.80. The van der Waals surface area contributed by atoms with Gasteiger partial charge < -0.3 is 0 Å². The average molecular weight is 195 g/mol. The summed E-state index contributed by atoms with van der Waals surface area (Å²) >= 11 is 1.41. The Morgan fingerprint density at radius 1 is 1.54 bits per heavy atom. The monoisotopic (exact) mass is 195 g/mol. The molecule has 0 heterocycles. The van der Waals surface area contributed by atoms with Gasteiger partial charge in [0.1, 0.15) is 5.82 Å². The quantitative estimate of drug-likeness (QED) is 0.663.